The first-order valence-electron chi connectivity index (χ1n) is 8.10. The molecule has 0 saturated carbocycles. The van der Waals surface area contributed by atoms with Crippen molar-refractivity contribution in [2.45, 2.75) is 40.2 Å². The Bertz CT molecular complexity index is 649. The lowest BCUT2D eigenvalue weighted by atomic mass is 9.96. The molecule has 1 aromatic heterocycles. The SMILES string of the molecule is COc1ccc(-c2nc(COC(=O)CC(C)CC(C)C)no2)cc1. The highest BCUT2D eigenvalue weighted by atomic mass is 16.5. The average Bonchev–Trinajstić information content (AvgIpc) is 3.01. The summed E-state index contributed by atoms with van der Waals surface area (Å²) in [7, 11) is 1.61. The fraction of sp³-hybridized carbons (Fsp3) is 0.500. The van der Waals surface area contributed by atoms with Crippen LogP contribution in [0.5, 0.6) is 5.75 Å². The van der Waals surface area contributed by atoms with Gasteiger partial charge in [0.25, 0.3) is 5.89 Å². The summed E-state index contributed by atoms with van der Waals surface area (Å²) < 4.78 is 15.5. The number of hydrogen-bond donors (Lipinski definition) is 0. The molecule has 0 aliphatic carbocycles. The van der Waals surface area contributed by atoms with Gasteiger partial charge >= 0.3 is 5.97 Å². The third kappa shape index (κ3) is 5.37. The Morgan fingerprint density at radius 3 is 2.54 bits per heavy atom. The lowest BCUT2D eigenvalue weighted by Crippen LogP contribution is -2.11. The van der Waals surface area contributed by atoms with Crippen molar-refractivity contribution in [3.05, 3.63) is 30.1 Å². The molecule has 6 heteroatoms. The highest BCUT2D eigenvalue weighted by Gasteiger charge is 2.14. The Kier molecular flexibility index (Phi) is 6.35. The number of aromatic nitrogens is 2. The molecule has 1 atom stereocenters. The van der Waals surface area contributed by atoms with Crippen LogP contribution in [0.2, 0.25) is 0 Å². The molecular weight excluding hydrogens is 308 g/mol. The standard InChI is InChI=1S/C18H24N2O4/c1-12(2)9-13(3)10-17(21)23-11-16-19-18(24-20-16)14-5-7-15(22-4)8-6-14/h5-8,12-13H,9-11H2,1-4H3. The zero-order chi connectivity index (χ0) is 17.5. The lowest BCUT2D eigenvalue weighted by molar-refractivity contribution is -0.146. The van der Waals surface area contributed by atoms with E-state index in [1.165, 1.54) is 0 Å². The van der Waals surface area contributed by atoms with Crippen LogP contribution in [0, 0.1) is 11.8 Å². The number of carbonyl (C=O) groups is 1. The van der Waals surface area contributed by atoms with E-state index in [2.05, 4.69) is 30.9 Å². The van der Waals surface area contributed by atoms with Gasteiger partial charge in [-0.2, -0.15) is 4.98 Å². The number of rotatable bonds is 8. The fourth-order valence-electron chi connectivity index (χ4n) is 2.54. The first kappa shape index (κ1) is 18.0. The predicted octanol–water partition coefficient (Wildman–Crippen LogP) is 3.86. The van der Waals surface area contributed by atoms with Crippen molar-refractivity contribution in [2.24, 2.45) is 11.8 Å². The van der Waals surface area contributed by atoms with Crippen molar-refractivity contribution in [2.75, 3.05) is 7.11 Å². The van der Waals surface area contributed by atoms with Crippen LogP contribution in [0.4, 0.5) is 0 Å². The second kappa shape index (κ2) is 8.47. The number of ether oxygens (including phenoxy) is 2. The maximum atomic E-state index is 11.8. The monoisotopic (exact) mass is 332 g/mol. The Morgan fingerprint density at radius 1 is 1.21 bits per heavy atom. The van der Waals surface area contributed by atoms with E-state index in [0.29, 0.717) is 30.0 Å². The van der Waals surface area contributed by atoms with Crippen molar-refractivity contribution >= 4 is 5.97 Å². The van der Waals surface area contributed by atoms with Gasteiger partial charge in [0.2, 0.25) is 5.82 Å². The number of nitrogens with zero attached hydrogens (tertiary/aromatic N) is 2. The summed E-state index contributed by atoms with van der Waals surface area (Å²) in [4.78, 5) is 16.1. The number of hydrogen-bond acceptors (Lipinski definition) is 6. The van der Waals surface area contributed by atoms with Gasteiger partial charge in [0.1, 0.15) is 5.75 Å². The van der Waals surface area contributed by atoms with Gasteiger partial charge in [0.05, 0.1) is 7.11 Å². The summed E-state index contributed by atoms with van der Waals surface area (Å²) in [5, 5.41) is 3.84. The minimum atomic E-state index is -0.237. The van der Waals surface area contributed by atoms with Crippen molar-refractivity contribution in [3.8, 4) is 17.2 Å². The molecule has 0 saturated heterocycles. The van der Waals surface area contributed by atoms with Crippen LogP contribution in [0.1, 0.15) is 39.4 Å². The molecule has 0 bridgehead atoms. The molecule has 1 heterocycles. The molecule has 24 heavy (non-hydrogen) atoms. The van der Waals surface area contributed by atoms with Crippen LogP contribution >= 0.6 is 0 Å². The third-order valence-electron chi connectivity index (χ3n) is 3.56. The van der Waals surface area contributed by atoms with Crippen LogP contribution < -0.4 is 4.74 Å². The van der Waals surface area contributed by atoms with Gasteiger partial charge in [-0.1, -0.05) is 25.9 Å². The maximum Gasteiger partial charge on any atom is 0.306 e. The van der Waals surface area contributed by atoms with E-state index in [4.69, 9.17) is 14.0 Å². The highest BCUT2D eigenvalue weighted by molar-refractivity contribution is 5.69. The van der Waals surface area contributed by atoms with Crippen LogP contribution in [0.15, 0.2) is 28.8 Å². The van der Waals surface area contributed by atoms with Gasteiger partial charge in [0, 0.05) is 12.0 Å². The summed E-state index contributed by atoms with van der Waals surface area (Å²) in [6.07, 6.45) is 1.40. The second-order valence-corrected chi connectivity index (χ2v) is 6.34. The molecular formula is C18H24N2O4. The Labute approximate surface area is 142 Å². The predicted molar refractivity (Wildman–Crippen MR) is 89.3 cm³/mol. The molecule has 1 unspecified atom stereocenters. The molecule has 0 radical (unpaired) electrons. The van der Waals surface area contributed by atoms with Crippen molar-refractivity contribution in [3.63, 3.8) is 0 Å². The molecule has 0 fully saturated rings. The van der Waals surface area contributed by atoms with E-state index in [-0.39, 0.29) is 12.6 Å². The van der Waals surface area contributed by atoms with Crippen molar-refractivity contribution in [1.29, 1.82) is 0 Å². The van der Waals surface area contributed by atoms with E-state index in [1.54, 1.807) is 7.11 Å². The van der Waals surface area contributed by atoms with E-state index in [0.717, 1.165) is 17.7 Å². The molecule has 2 aromatic rings. The van der Waals surface area contributed by atoms with Crippen LogP contribution in [0.3, 0.4) is 0 Å². The normalized spacial score (nSPS) is 12.2. The Morgan fingerprint density at radius 2 is 1.92 bits per heavy atom. The fourth-order valence-corrected chi connectivity index (χ4v) is 2.54. The largest absolute Gasteiger partial charge is 0.497 e. The average molecular weight is 332 g/mol. The third-order valence-corrected chi connectivity index (χ3v) is 3.56. The summed E-state index contributed by atoms with van der Waals surface area (Å²) in [6, 6.07) is 7.29. The van der Waals surface area contributed by atoms with Crippen molar-refractivity contribution in [1.82, 2.24) is 10.1 Å². The molecule has 6 nitrogen and oxygen atoms in total. The number of carbonyl (C=O) groups excluding carboxylic acids is 1. The van der Waals surface area contributed by atoms with Crippen LogP contribution in [0.25, 0.3) is 11.5 Å². The summed E-state index contributed by atoms with van der Waals surface area (Å²) in [5.41, 5.74) is 0.784. The Hall–Kier alpha value is -2.37. The molecule has 130 valence electrons. The van der Waals surface area contributed by atoms with Gasteiger partial charge in [-0.25, -0.2) is 0 Å². The molecule has 1 aromatic carbocycles. The number of benzene rings is 1. The van der Waals surface area contributed by atoms with Gasteiger partial charge in [0.15, 0.2) is 6.61 Å². The molecule has 0 N–H and O–H groups in total. The first-order valence-corrected chi connectivity index (χ1v) is 8.10. The van der Waals surface area contributed by atoms with Gasteiger partial charge in [-0.15, -0.1) is 0 Å². The van der Waals surface area contributed by atoms with Crippen LogP contribution in [-0.4, -0.2) is 23.2 Å². The van der Waals surface area contributed by atoms with Gasteiger partial charge in [-0.3, -0.25) is 4.79 Å². The van der Waals surface area contributed by atoms with Gasteiger partial charge in [-0.05, 0) is 42.5 Å². The Balaban J connectivity index is 1.86. The minimum absolute atomic E-state index is 0.0207. The minimum Gasteiger partial charge on any atom is -0.497 e. The summed E-state index contributed by atoms with van der Waals surface area (Å²) in [5.74, 6) is 2.12. The zero-order valence-electron chi connectivity index (χ0n) is 14.6. The highest BCUT2D eigenvalue weighted by Crippen LogP contribution is 2.21. The lowest BCUT2D eigenvalue weighted by Gasteiger charge is -2.12. The molecule has 0 spiro atoms. The summed E-state index contributed by atoms with van der Waals surface area (Å²) in [6.45, 7) is 6.36. The van der Waals surface area contributed by atoms with E-state index in [9.17, 15) is 4.79 Å². The number of methoxy groups -OCH3 is 1. The van der Waals surface area contributed by atoms with Gasteiger partial charge < -0.3 is 14.0 Å². The van der Waals surface area contributed by atoms with E-state index >= 15 is 0 Å². The molecule has 0 aliphatic heterocycles. The first-order chi connectivity index (χ1) is 11.5. The number of esters is 1. The smallest absolute Gasteiger partial charge is 0.306 e. The second-order valence-electron chi connectivity index (χ2n) is 6.34. The van der Waals surface area contributed by atoms with Crippen LogP contribution in [-0.2, 0) is 16.1 Å². The topological polar surface area (TPSA) is 74.5 Å². The van der Waals surface area contributed by atoms with Crippen molar-refractivity contribution < 1.29 is 18.8 Å². The quantitative estimate of drug-likeness (QED) is 0.683. The molecule has 2 rings (SSSR count). The maximum absolute atomic E-state index is 11.8. The summed E-state index contributed by atoms with van der Waals surface area (Å²) >= 11 is 0. The zero-order valence-corrected chi connectivity index (χ0v) is 14.6. The molecule has 0 amide bonds. The van der Waals surface area contributed by atoms with E-state index < -0.39 is 0 Å². The van der Waals surface area contributed by atoms with E-state index in [1.807, 2.05) is 24.3 Å². The molecule has 0 aliphatic rings.